The van der Waals surface area contributed by atoms with E-state index in [-0.39, 0.29) is 6.04 Å². The molecule has 2 aromatic rings. The number of rotatable bonds is 7. The van der Waals surface area contributed by atoms with Crippen LogP contribution in [0.1, 0.15) is 23.6 Å². The first-order valence-corrected chi connectivity index (χ1v) is 7.21. The summed E-state index contributed by atoms with van der Waals surface area (Å²) in [5.74, 6) is 1.68. The minimum absolute atomic E-state index is 0.256. The van der Waals surface area contributed by atoms with Gasteiger partial charge in [-0.2, -0.15) is 0 Å². The van der Waals surface area contributed by atoms with Gasteiger partial charge in [0.25, 0.3) is 0 Å². The molecule has 3 heteroatoms. The Hall–Kier alpha value is -2.00. The second-order valence-corrected chi connectivity index (χ2v) is 4.97. The van der Waals surface area contributed by atoms with Crippen molar-refractivity contribution >= 4 is 0 Å². The smallest absolute Gasteiger partial charge is 0.127 e. The Labute approximate surface area is 126 Å². The highest BCUT2D eigenvalue weighted by Gasteiger charge is 2.15. The third-order valence-corrected chi connectivity index (χ3v) is 3.73. The molecule has 0 amide bonds. The predicted octanol–water partition coefficient (Wildman–Crippen LogP) is 3.60. The lowest BCUT2D eigenvalue weighted by Gasteiger charge is -2.20. The minimum Gasteiger partial charge on any atom is -0.497 e. The van der Waals surface area contributed by atoms with Crippen LogP contribution in [0, 0.1) is 0 Å². The van der Waals surface area contributed by atoms with Crippen LogP contribution >= 0.6 is 0 Å². The number of ether oxygens (including phenoxy) is 2. The third-order valence-electron chi connectivity index (χ3n) is 3.73. The molecule has 0 saturated heterocycles. The largest absolute Gasteiger partial charge is 0.497 e. The Morgan fingerprint density at radius 2 is 1.76 bits per heavy atom. The van der Waals surface area contributed by atoms with E-state index in [1.54, 1.807) is 14.2 Å². The molecule has 3 nitrogen and oxygen atoms in total. The maximum Gasteiger partial charge on any atom is 0.127 e. The summed E-state index contributed by atoms with van der Waals surface area (Å²) in [5.41, 5.74) is 2.52. The van der Waals surface area contributed by atoms with Crippen LogP contribution in [-0.4, -0.2) is 21.3 Å². The maximum atomic E-state index is 5.50. The maximum absolute atomic E-state index is 5.50. The fourth-order valence-electron chi connectivity index (χ4n) is 2.52. The van der Waals surface area contributed by atoms with Crippen molar-refractivity contribution in [3.63, 3.8) is 0 Å². The van der Waals surface area contributed by atoms with Crippen LogP contribution in [0.2, 0.25) is 0 Å². The Balaban J connectivity index is 2.13. The first kappa shape index (κ1) is 15.4. The molecule has 2 aromatic carbocycles. The molecule has 0 aromatic heterocycles. The molecule has 1 N–H and O–H groups in total. The van der Waals surface area contributed by atoms with E-state index in [2.05, 4.69) is 35.6 Å². The van der Waals surface area contributed by atoms with Crippen LogP contribution in [0.4, 0.5) is 0 Å². The molecule has 0 saturated carbocycles. The van der Waals surface area contributed by atoms with Crippen LogP contribution in [0.25, 0.3) is 0 Å². The van der Waals surface area contributed by atoms with Gasteiger partial charge in [-0.1, -0.05) is 36.4 Å². The lowest BCUT2D eigenvalue weighted by molar-refractivity contribution is 0.384. The molecule has 0 radical (unpaired) electrons. The predicted molar refractivity (Wildman–Crippen MR) is 86.1 cm³/mol. The highest BCUT2D eigenvalue weighted by atomic mass is 16.5. The summed E-state index contributed by atoms with van der Waals surface area (Å²) in [6.07, 6.45) is 2.05. The van der Waals surface area contributed by atoms with Gasteiger partial charge in [-0.3, -0.25) is 0 Å². The van der Waals surface area contributed by atoms with Crippen LogP contribution in [0.5, 0.6) is 11.5 Å². The van der Waals surface area contributed by atoms with Crippen molar-refractivity contribution in [3.05, 3.63) is 59.7 Å². The molecule has 0 spiro atoms. The van der Waals surface area contributed by atoms with Gasteiger partial charge in [0.2, 0.25) is 0 Å². The zero-order valence-electron chi connectivity index (χ0n) is 12.9. The number of nitrogens with one attached hydrogen (secondary N) is 1. The summed E-state index contributed by atoms with van der Waals surface area (Å²) in [5, 5.41) is 3.38. The second kappa shape index (κ2) is 7.70. The van der Waals surface area contributed by atoms with Crippen molar-refractivity contribution in [1.29, 1.82) is 0 Å². The molecule has 112 valence electrons. The normalized spacial score (nSPS) is 12.0. The number of aryl methyl sites for hydroxylation is 1. The first-order valence-electron chi connectivity index (χ1n) is 7.21. The molecule has 0 bridgehead atoms. The van der Waals surface area contributed by atoms with Crippen LogP contribution in [0.15, 0.2) is 48.5 Å². The van der Waals surface area contributed by atoms with Crippen molar-refractivity contribution in [2.24, 2.45) is 0 Å². The van der Waals surface area contributed by atoms with Gasteiger partial charge in [0.1, 0.15) is 11.5 Å². The van der Waals surface area contributed by atoms with E-state index >= 15 is 0 Å². The molecule has 0 aliphatic carbocycles. The fourth-order valence-corrected chi connectivity index (χ4v) is 2.52. The van der Waals surface area contributed by atoms with E-state index in [4.69, 9.17) is 9.47 Å². The number of benzene rings is 2. The van der Waals surface area contributed by atoms with Gasteiger partial charge in [0, 0.05) is 17.7 Å². The van der Waals surface area contributed by atoms with E-state index in [1.807, 2.05) is 25.2 Å². The summed E-state index contributed by atoms with van der Waals surface area (Å²) in [7, 11) is 5.35. The van der Waals surface area contributed by atoms with Crippen molar-refractivity contribution in [1.82, 2.24) is 5.32 Å². The molecule has 0 heterocycles. The number of hydrogen-bond acceptors (Lipinski definition) is 3. The Kier molecular flexibility index (Phi) is 5.64. The highest BCUT2D eigenvalue weighted by molar-refractivity contribution is 5.42. The molecule has 0 aliphatic heterocycles. The van der Waals surface area contributed by atoms with Crippen LogP contribution < -0.4 is 14.8 Å². The topological polar surface area (TPSA) is 30.5 Å². The molecule has 1 unspecified atom stereocenters. The lowest BCUT2D eigenvalue weighted by atomic mass is 9.98. The highest BCUT2D eigenvalue weighted by Crippen LogP contribution is 2.31. The fraction of sp³-hybridized carbons (Fsp3) is 0.333. The zero-order chi connectivity index (χ0) is 15.1. The number of hydrogen-bond donors (Lipinski definition) is 1. The Morgan fingerprint density at radius 1 is 1.00 bits per heavy atom. The molecule has 0 fully saturated rings. The molecule has 1 atom stereocenters. The van der Waals surface area contributed by atoms with Gasteiger partial charge in [-0.15, -0.1) is 0 Å². The summed E-state index contributed by atoms with van der Waals surface area (Å²) < 4.78 is 10.8. The molecular weight excluding hydrogens is 262 g/mol. The van der Waals surface area contributed by atoms with E-state index < -0.39 is 0 Å². The third kappa shape index (κ3) is 3.99. The van der Waals surface area contributed by atoms with E-state index in [0.29, 0.717) is 0 Å². The summed E-state index contributed by atoms with van der Waals surface area (Å²) in [6, 6.07) is 16.8. The first-order chi connectivity index (χ1) is 10.3. The van der Waals surface area contributed by atoms with Gasteiger partial charge < -0.3 is 14.8 Å². The van der Waals surface area contributed by atoms with Gasteiger partial charge in [-0.05, 0) is 31.5 Å². The van der Waals surface area contributed by atoms with Gasteiger partial charge in [0.05, 0.1) is 14.2 Å². The quantitative estimate of drug-likeness (QED) is 0.843. The van der Waals surface area contributed by atoms with Crippen LogP contribution in [0.3, 0.4) is 0 Å². The Bertz CT molecular complexity index is 554. The average Bonchev–Trinajstić information content (AvgIpc) is 2.56. The van der Waals surface area contributed by atoms with Gasteiger partial charge in [-0.25, -0.2) is 0 Å². The SMILES string of the molecule is CNC(CCc1ccccc1)c1ccc(OC)cc1OC. The van der Waals surface area contributed by atoms with Crippen molar-refractivity contribution in [3.8, 4) is 11.5 Å². The van der Waals surface area contributed by atoms with E-state index in [9.17, 15) is 0 Å². The van der Waals surface area contributed by atoms with E-state index in [1.165, 1.54) is 5.56 Å². The number of methoxy groups -OCH3 is 2. The van der Waals surface area contributed by atoms with Crippen molar-refractivity contribution in [2.45, 2.75) is 18.9 Å². The summed E-state index contributed by atoms with van der Waals surface area (Å²) in [6.45, 7) is 0. The summed E-state index contributed by atoms with van der Waals surface area (Å²) in [4.78, 5) is 0. The molecule has 0 aliphatic rings. The van der Waals surface area contributed by atoms with Gasteiger partial charge in [0.15, 0.2) is 0 Å². The molecular formula is C18H23NO2. The average molecular weight is 285 g/mol. The molecule has 2 rings (SSSR count). The van der Waals surface area contributed by atoms with Gasteiger partial charge >= 0.3 is 0 Å². The summed E-state index contributed by atoms with van der Waals surface area (Å²) >= 11 is 0. The van der Waals surface area contributed by atoms with E-state index in [0.717, 1.165) is 29.9 Å². The second-order valence-electron chi connectivity index (χ2n) is 4.97. The zero-order valence-corrected chi connectivity index (χ0v) is 12.9. The van der Waals surface area contributed by atoms with Crippen molar-refractivity contribution in [2.75, 3.05) is 21.3 Å². The standard InChI is InChI=1S/C18H23NO2/c1-19-17(12-9-14-7-5-4-6-8-14)16-11-10-15(20-2)13-18(16)21-3/h4-8,10-11,13,17,19H,9,12H2,1-3H3. The van der Waals surface area contributed by atoms with Crippen LogP contribution in [-0.2, 0) is 6.42 Å². The van der Waals surface area contributed by atoms with Crippen molar-refractivity contribution < 1.29 is 9.47 Å². The Morgan fingerprint density at radius 3 is 2.38 bits per heavy atom. The molecule has 21 heavy (non-hydrogen) atoms. The monoisotopic (exact) mass is 285 g/mol. The lowest BCUT2D eigenvalue weighted by Crippen LogP contribution is -2.18. The minimum atomic E-state index is 0.256.